The Morgan fingerprint density at radius 3 is 2.62 bits per heavy atom. The number of likely N-dealkylation sites (tertiary alicyclic amines) is 1. The summed E-state index contributed by atoms with van der Waals surface area (Å²) in [6, 6.07) is 0.608. The van der Waals surface area contributed by atoms with E-state index in [0.29, 0.717) is 6.04 Å². The Kier molecular flexibility index (Phi) is 2.16. The van der Waals surface area contributed by atoms with Crippen LogP contribution in [0.3, 0.4) is 0 Å². The minimum atomic E-state index is -0.103. The van der Waals surface area contributed by atoms with E-state index < -0.39 is 0 Å². The lowest BCUT2D eigenvalue weighted by Crippen LogP contribution is -2.52. The summed E-state index contributed by atoms with van der Waals surface area (Å²) >= 11 is 0. The second kappa shape index (κ2) is 2.96. The van der Waals surface area contributed by atoms with Gasteiger partial charge < -0.3 is 10.0 Å². The van der Waals surface area contributed by atoms with Crippen molar-refractivity contribution in [1.82, 2.24) is 4.90 Å². The van der Waals surface area contributed by atoms with Crippen LogP contribution >= 0.6 is 0 Å². The molecule has 1 aliphatic carbocycles. The molecule has 1 saturated carbocycles. The van der Waals surface area contributed by atoms with Gasteiger partial charge in [0, 0.05) is 11.5 Å². The molecule has 3 atom stereocenters. The number of hydrogen-bond acceptors (Lipinski definition) is 2. The van der Waals surface area contributed by atoms with E-state index in [1.54, 1.807) is 0 Å². The Hall–Kier alpha value is -0.0800. The number of rotatable bonds is 0. The average Bonchev–Trinajstić information content (AvgIpc) is 2.41. The first-order chi connectivity index (χ1) is 6.03. The highest BCUT2D eigenvalue weighted by Crippen LogP contribution is 2.46. The molecule has 1 aliphatic heterocycles. The smallest absolute Gasteiger partial charge is 0.0606 e. The van der Waals surface area contributed by atoms with Gasteiger partial charge in [-0.3, -0.25) is 0 Å². The molecular weight excluding hydrogens is 162 g/mol. The molecule has 0 bridgehead atoms. The van der Waals surface area contributed by atoms with Crippen LogP contribution in [0.15, 0.2) is 0 Å². The predicted octanol–water partition coefficient (Wildman–Crippen LogP) is 1.49. The number of fused-ring (bicyclic) bond motifs is 1. The molecule has 0 spiro atoms. The van der Waals surface area contributed by atoms with E-state index >= 15 is 0 Å². The molecule has 3 unspecified atom stereocenters. The first-order valence-corrected chi connectivity index (χ1v) is 5.42. The van der Waals surface area contributed by atoms with Gasteiger partial charge in [0.05, 0.1) is 6.10 Å². The minimum absolute atomic E-state index is 0.0914. The van der Waals surface area contributed by atoms with Crippen molar-refractivity contribution in [2.45, 2.75) is 45.3 Å². The highest BCUT2D eigenvalue weighted by atomic mass is 16.3. The van der Waals surface area contributed by atoms with Crippen molar-refractivity contribution >= 4 is 0 Å². The second-order valence-corrected chi connectivity index (χ2v) is 5.39. The van der Waals surface area contributed by atoms with Gasteiger partial charge in [-0.1, -0.05) is 13.8 Å². The third-order valence-corrected chi connectivity index (χ3v) is 4.21. The molecule has 2 aliphatic rings. The molecule has 76 valence electrons. The molecule has 1 saturated heterocycles. The maximum atomic E-state index is 9.98. The van der Waals surface area contributed by atoms with Crippen LogP contribution in [0.2, 0.25) is 0 Å². The molecule has 0 aromatic carbocycles. The number of aliphatic hydroxyl groups is 1. The van der Waals surface area contributed by atoms with Crippen LogP contribution < -0.4 is 0 Å². The monoisotopic (exact) mass is 183 g/mol. The zero-order chi connectivity index (χ0) is 9.64. The molecule has 2 rings (SSSR count). The predicted molar refractivity (Wildman–Crippen MR) is 53.5 cm³/mol. The van der Waals surface area contributed by atoms with Crippen LogP contribution in [0.5, 0.6) is 0 Å². The molecule has 1 heterocycles. The first-order valence-electron chi connectivity index (χ1n) is 5.42. The molecule has 2 nitrogen and oxygen atoms in total. The van der Waals surface area contributed by atoms with Gasteiger partial charge in [0.1, 0.15) is 0 Å². The van der Waals surface area contributed by atoms with E-state index in [9.17, 15) is 5.11 Å². The molecule has 1 N–H and O–H groups in total. The minimum Gasteiger partial charge on any atom is -0.393 e. The van der Waals surface area contributed by atoms with Crippen molar-refractivity contribution in [3.05, 3.63) is 0 Å². The van der Waals surface area contributed by atoms with Crippen molar-refractivity contribution < 1.29 is 5.11 Å². The summed E-state index contributed by atoms with van der Waals surface area (Å²) in [5.41, 5.74) is 0.0914. The summed E-state index contributed by atoms with van der Waals surface area (Å²) in [5.74, 6) is 0.836. The Morgan fingerprint density at radius 1 is 1.23 bits per heavy atom. The average molecular weight is 183 g/mol. The van der Waals surface area contributed by atoms with Gasteiger partial charge in [0.25, 0.3) is 0 Å². The Bertz CT molecular complexity index is 202. The van der Waals surface area contributed by atoms with Crippen molar-refractivity contribution in [2.24, 2.45) is 11.3 Å². The van der Waals surface area contributed by atoms with Crippen LogP contribution in [0.1, 0.15) is 33.1 Å². The van der Waals surface area contributed by atoms with Crippen molar-refractivity contribution in [3.8, 4) is 0 Å². The van der Waals surface area contributed by atoms with E-state index in [-0.39, 0.29) is 11.5 Å². The van der Waals surface area contributed by atoms with Gasteiger partial charge in [-0.2, -0.15) is 0 Å². The van der Waals surface area contributed by atoms with Crippen LogP contribution in [-0.4, -0.2) is 35.7 Å². The molecule has 0 amide bonds. The van der Waals surface area contributed by atoms with Gasteiger partial charge in [-0.05, 0) is 38.8 Å². The standard InChI is InChI=1S/C11H21NO/c1-11(2)9(13)5-4-8-6-7-12(3)10(8)11/h8-10,13H,4-7H2,1-3H3. The second-order valence-electron chi connectivity index (χ2n) is 5.39. The number of hydrogen-bond donors (Lipinski definition) is 1. The van der Waals surface area contributed by atoms with Gasteiger partial charge in [-0.25, -0.2) is 0 Å². The lowest BCUT2D eigenvalue weighted by Gasteiger charge is -2.46. The van der Waals surface area contributed by atoms with Crippen LogP contribution in [0, 0.1) is 11.3 Å². The molecular formula is C11H21NO. The van der Waals surface area contributed by atoms with Gasteiger partial charge >= 0.3 is 0 Å². The SMILES string of the molecule is CN1CCC2CCC(O)C(C)(C)C21. The lowest BCUT2D eigenvalue weighted by molar-refractivity contribution is -0.0508. The number of aliphatic hydroxyl groups excluding tert-OH is 1. The van der Waals surface area contributed by atoms with Crippen LogP contribution in [0.4, 0.5) is 0 Å². The van der Waals surface area contributed by atoms with E-state index in [0.717, 1.165) is 12.3 Å². The van der Waals surface area contributed by atoms with Crippen LogP contribution in [-0.2, 0) is 0 Å². The summed E-state index contributed by atoms with van der Waals surface area (Å²) in [7, 11) is 2.20. The largest absolute Gasteiger partial charge is 0.393 e. The Balaban J connectivity index is 2.23. The Morgan fingerprint density at radius 2 is 1.92 bits per heavy atom. The maximum Gasteiger partial charge on any atom is 0.0606 e. The van der Waals surface area contributed by atoms with E-state index in [1.165, 1.54) is 19.4 Å². The zero-order valence-corrected chi connectivity index (χ0v) is 8.95. The van der Waals surface area contributed by atoms with Crippen molar-refractivity contribution in [2.75, 3.05) is 13.6 Å². The van der Waals surface area contributed by atoms with E-state index in [1.807, 2.05) is 0 Å². The fourth-order valence-corrected chi connectivity index (χ4v) is 3.45. The molecule has 13 heavy (non-hydrogen) atoms. The first kappa shape index (κ1) is 9.47. The molecule has 2 fully saturated rings. The molecule has 2 heteroatoms. The third-order valence-electron chi connectivity index (χ3n) is 4.21. The maximum absolute atomic E-state index is 9.98. The molecule has 0 aromatic heterocycles. The van der Waals surface area contributed by atoms with E-state index in [2.05, 4.69) is 25.8 Å². The van der Waals surface area contributed by atoms with Crippen molar-refractivity contribution in [3.63, 3.8) is 0 Å². The summed E-state index contributed by atoms with van der Waals surface area (Å²) in [6.45, 7) is 5.65. The van der Waals surface area contributed by atoms with Crippen LogP contribution in [0.25, 0.3) is 0 Å². The highest BCUT2D eigenvalue weighted by Gasteiger charge is 2.48. The van der Waals surface area contributed by atoms with Gasteiger partial charge in [-0.15, -0.1) is 0 Å². The summed E-state index contributed by atoms with van der Waals surface area (Å²) < 4.78 is 0. The summed E-state index contributed by atoms with van der Waals surface area (Å²) in [5, 5.41) is 9.98. The quantitative estimate of drug-likeness (QED) is 0.615. The molecule has 0 radical (unpaired) electrons. The fourth-order valence-electron chi connectivity index (χ4n) is 3.45. The fraction of sp³-hybridized carbons (Fsp3) is 1.00. The van der Waals surface area contributed by atoms with Crippen molar-refractivity contribution in [1.29, 1.82) is 0 Å². The zero-order valence-electron chi connectivity index (χ0n) is 8.95. The topological polar surface area (TPSA) is 23.5 Å². The third kappa shape index (κ3) is 1.31. The molecule has 0 aromatic rings. The van der Waals surface area contributed by atoms with E-state index in [4.69, 9.17) is 0 Å². The lowest BCUT2D eigenvalue weighted by atomic mass is 9.66. The Labute approximate surface area is 80.9 Å². The summed E-state index contributed by atoms with van der Waals surface area (Å²) in [4.78, 5) is 2.44. The van der Waals surface area contributed by atoms with Gasteiger partial charge in [0.15, 0.2) is 0 Å². The number of nitrogens with zero attached hydrogens (tertiary/aromatic N) is 1. The highest BCUT2D eigenvalue weighted by molar-refractivity contribution is 5.01. The van der Waals surface area contributed by atoms with Gasteiger partial charge in [0.2, 0.25) is 0 Å². The summed E-state index contributed by atoms with van der Waals surface area (Å²) in [6.07, 6.45) is 3.45. The normalized spacial score (nSPS) is 44.8.